The van der Waals surface area contributed by atoms with Gasteiger partial charge >= 0.3 is 0 Å². The van der Waals surface area contributed by atoms with Crippen LogP contribution in [0.3, 0.4) is 0 Å². The van der Waals surface area contributed by atoms with Gasteiger partial charge in [-0.2, -0.15) is 0 Å². The number of nitrogens with one attached hydrogen (secondary N) is 1. The number of anilines is 2. The number of nitrogen functional groups attached to an aromatic ring is 1. The van der Waals surface area contributed by atoms with E-state index in [0.29, 0.717) is 12.4 Å². The first-order valence-corrected chi connectivity index (χ1v) is 5.58. The lowest BCUT2D eigenvalue weighted by atomic mass is 10.2. The molecule has 2 aromatic rings. The van der Waals surface area contributed by atoms with Gasteiger partial charge in [0.25, 0.3) is 0 Å². The molecule has 0 bridgehead atoms. The fraction of sp³-hybridized carbons (Fsp3) is 0.333. The second kappa shape index (κ2) is 4.86. The van der Waals surface area contributed by atoms with Crippen LogP contribution in [0.2, 0.25) is 0 Å². The van der Waals surface area contributed by atoms with Crippen molar-refractivity contribution in [1.82, 2.24) is 9.97 Å². The summed E-state index contributed by atoms with van der Waals surface area (Å²) >= 11 is 0. The maximum atomic E-state index is 5.84. The molecule has 3 N–H and O–H groups in total. The average molecular weight is 232 g/mol. The van der Waals surface area contributed by atoms with Gasteiger partial charge in [-0.05, 0) is 13.0 Å². The lowest BCUT2D eigenvalue weighted by Crippen LogP contribution is -2.09. The van der Waals surface area contributed by atoms with Gasteiger partial charge in [0.1, 0.15) is 17.5 Å². The molecular weight excluding hydrogens is 216 g/mol. The highest BCUT2D eigenvalue weighted by molar-refractivity contribution is 5.54. The van der Waals surface area contributed by atoms with Crippen LogP contribution in [0.1, 0.15) is 23.9 Å². The molecule has 0 atom stereocenters. The minimum Gasteiger partial charge on any atom is -0.472 e. The Labute approximate surface area is 100 Å². The Kier molecular flexibility index (Phi) is 3.27. The van der Waals surface area contributed by atoms with Crippen molar-refractivity contribution in [2.45, 2.75) is 26.8 Å². The zero-order chi connectivity index (χ0) is 12.3. The molecule has 2 aromatic heterocycles. The first-order chi connectivity index (χ1) is 8.20. The van der Waals surface area contributed by atoms with E-state index >= 15 is 0 Å². The molecule has 0 fully saturated rings. The Morgan fingerprint density at radius 1 is 1.41 bits per heavy atom. The summed E-state index contributed by atoms with van der Waals surface area (Å²) in [5.74, 6) is 2.07. The van der Waals surface area contributed by atoms with Crippen LogP contribution in [0.5, 0.6) is 0 Å². The summed E-state index contributed by atoms with van der Waals surface area (Å²) in [4.78, 5) is 8.62. The molecule has 0 aromatic carbocycles. The summed E-state index contributed by atoms with van der Waals surface area (Å²) < 4.78 is 5.00. The van der Waals surface area contributed by atoms with E-state index in [2.05, 4.69) is 15.3 Å². The molecule has 0 aliphatic heterocycles. The van der Waals surface area contributed by atoms with E-state index in [9.17, 15) is 0 Å². The zero-order valence-corrected chi connectivity index (χ0v) is 10.0. The highest BCUT2D eigenvalue weighted by atomic mass is 16.3. The molecule has 2 heterocycles. The smallest absolute Gasteiger partial charge is 0.135 e. The molecule has 0 saturated heterocycles. The Hall–Kier alpha value is -2.04. The van der Waals surface area contributed by atoms with Gasteiger partial charge in [-0.15, -0.1) is 0 Å². The molecule has 90 valence electrons. The van der Waals surface area contributed by atoms with Gasteiger partial charge in [-0.3, -0.25) is 0 Å². The molecular formula is C12H16N4O. The summed E-state index contributed by atoms with van der Waals surface area (Å²) in [6, 6.07) is 1.91. The number of rotatable bonds is 4. The van der Waals surface area contributed by atoms with Crippen LogP contribution >= 0.6 is 0 Å². The second-order valence-corrected chi connectivity index (χ2v) is 3.84. The molecule has 0 amide bonds. The van der Waals surface area contributed by atoms with Gasteiger partial charge in [-0.1, -0.05) is 6.92 Å². The van der Waals surface area contributed by atoms with E-state index in [1.165, 1.54) is 0 Å². The summed E-state index contributed by atoms with van der Waals surface area (Å²) in [7, 11) is 0. The van der Waals surface area contributed by atoms with E-state index in [4.69, 9.17) is 10.2 Å². The highest BCUT2D eigenvalue weighted by Gasteiger charge is 2.07. The molecule has 17 heavy (non-hydrogen) atoms. The van der Waals surface area contributed by atoms with Crippen molar-refractivity contribution in [2.24, 2.45) is 0 Å². The average Bonchev–Trinajstić information content (AvgIpc) is 2.84. The van der Waals surface area contributed by atoms with Gasteiger partial charge in [0.15, 0.2) is 0 Å². The van der Waals surface area contributed by atoms with E-state index in [-0.39, 0.29) is 0 Å². The van der Waals surface area contributed by atoms with E-state index in [1.807, 2.05) is 19.9 Å². The Morgan fingerprint density at radius 2 is 2.24 bits per heavy atom. The SMILES string of the molecule is CCc1nc(N)c(C)c(NCc2ccoc2)n1. The molecule has 0 aliphatic carbocycles. The number of nitrogens with zero attached hydrogens (tertiary/aromatic N) is 2. The topological polar surface area (TPSA) is 77.0 Å². The van der Waals surface area contributed by atoms with Gasteiger partial charge in [0, 0.05) is 24.1 Å². The predicted octanol–water partition coefficient (Wildman–Crippen LogP) is 2.13. The minimum absolute atomic E-state index is 0.534. The highest BCUT2D eigenvalue weighted by Crippen LogP contribution is 2.18. The summed E-state index contributed by atoms with van der Waals surface area (Å²) in [5, 5.41) is 3.24. The Morgan fingerprint density at radius 3 is 2.88 bits per heavy atom. The van der Waals surface area contributed by atoms with Crippen LogP contribution < -0.4 is 11.1 Å². The molecule has 0 saturated carbocycles. The normalized spacial score (nSPS) is 10.5. The number of nitrogens with two attached hydrogens (primary N) is 1. The number of hydrogen-bond acceptors (Lipinski definition) is 5. The van der Waals surface area contributed by atoms with E-state index < -0.39 is 0 Å². The lowest BCUT2D eigenvalue weighted by molar-refractivity contribution is 0.564. The van der Waals surface area contributed by atoms with E-state index in [1.54, 1.807) is 12.5 Å². The maximum Gasteiger partial charge on any atom is 0.135 e. The van der Waals surface area contributed by atoms with Crippen molar-refractivity contribution in [3.63, 3.8) is 0 Å². The molecule has 0 spiro atoms. The van der Waals surface area contributed by atoms with Crippen molar-refractivity contribution < 1.29 is 4.42 Å². The van der Waals surface area contributed by atoms with Crippen molar-refractivity contribution in [1.29, 1.82) is 0 Å². The van der Waals surface area contributed by atoms with Crippen molar-refractivity contribution in [2.75, 3.05) is 11.1 Å². The van der Waals surface area contributed by atoms with Gasteiger partial charge < -0.3 is 15.5 Å². The Balaban J connectivity index is 2.17. The quantitative estimate of drug-likeness (QED) is 0.844. The number of aromatic nitrogens is 2. The van der Waals surface area contributed by atoms with E-state index in [0.717, 1.165) is 29.2 Å². The van der Waals surface area contributed by atoms with Crippen LogP contribution in [0.25, 0.3) is 0 Å². The third-order valence-electron chi connectivity index (χ3n) is 2.59. The summed E-state index contributed by atoms with van der Waals surface area (Å²) in [5.41, 5.74) is 7.79. The standard InChI is InChI=1S/C12H16N4O/c1-3-10-15-11(13)8(2)12(16-10)14-6-9-4-5-17-7-9/h4-5,7H,3,6H2,1-2H3,(H3,13,14,15,16). The predicted molar refractivity (Wildman–Crippen MR) is 66.6 cm³/mol. The zero-order valence-electron chi connectivity index (χ0n) is 10.0. The number of hydrogen-bond donors (Lipinski definition) is 2. The van der Waals surface area contributed by atoms with Crippen molar-refractivity contribution in [3.05, 3.63) is 35.5 Å². The largest absolute Gasteiger partial charge is 0.472 e. The first kappa shape index (κ1) is 11.4. The molecule has 5 heteroatoms. The monoisotopic (exact) mass is 232 g/mol. The maximum absolute atomic E-state index is 5.84. The van der Waals surface area contributed by atoms with Crippen LogP contribution in [-0.2, 0) is 13.0 Å². The van der Waals surface area contributed by atoms with Crippen molar-refractivity contribution in [3.8, 4) is 0 Å². The summed E-state index contributed by atoms with van der Waals surface area (Å²) in [6.07, 6.45) is 4.12. The second-order valence-electron chi connectivity index (χ2n) is 3.84. The third kappa shape index (κ3) is 2.55. The summed E-state index contributed by atoms with van der Waals surface area (Å²) in [6.45, 7) is 4.58. The molecule has 0 aliphatic rings. The number of furan rings is 1. The fourth-order valence-electron chi connectivity index (χ4n) is 1.49. The van der Waals surface area contributed by atoms with Gasteiger partial charge in [-0.25, -0.2) is 9.97 Å². The third-order valence-corrected chi connectivity index (χ3v) is 2.59. The van der Waals surface area contributed by atoms with Crippen LogP contribution in [0.15, 0.2) is 23.0 Å². The minimum atomic E-state index is 0.534. The van der Waals surface area contributed by atoms with Gasteiger partial charge in [0.2, 0.25) is 0 Å². The number of aryl methyl sites for hydroxylation is 1. The van der Waals surface area contributed by atoms with Crippen LogP contribution in [-0.4, -0.2) is 9.97 Å². The van der Waals surface area contributed by atoms with Gasteiger partial charge in [0.05, 0.1) is 12.5 Å². The van der Waals surface area contributed by atoms with Crippen LogP contribution in [0.4, 0.5) is 11.6 Å². The fourth-order valence-corrected chi connectivity index (χ4v) is 1.49. The molecule has 2 rings (SSSR count). The molecule has 5 nitrogen and oxygen atoms in total. The molecule has 0 radical (unpaired) electrons. The molecule has 0 unspecified atom stereocenters. The first-order valence-electron chi connectivity index (χ1n) is 5.58. The van der Waals surface area contributed by atoms with Crippen molar-refractivity contribution >= 4 is 11.6 Å². The lowest BCUT2D eigenvalue weighted by Gasteiger charge is -2.10. The van der Waals surface area contributed by atoms with Crippen LogP contribution in [0, 0.1) is 6.92 Å². The Bertz CT molecular complexity index is 493.